The Morgan fingerprint density at radius 2 is 1.81 bits per heavy atom. The van der Waals surface area contributed by atoms with Crippen LogP contribution in [0, 0.1) is 0 Å². The molecule has 0 bridgehead atoms. The molecular formula is C14H12ClN3O3. The molecule has 7 heteroatoms. The molecule has 0 heterocycles. The summed E-state index contributed by atoms with van der Waals surface area (Å²) in [5.74, 6) is -1.17. The number of benzene rings is 2. The van der Waals surface area contributed by atoms with Crippen LogP contribution in [0.5, 0.6) is 0 Å². The Morgan fingerprint density at radius 3 is 2.48 bits per heavy atom. The van der Waals surface area contributed by atoms with E-state index < -0.39 is 12.0 Å². The highest BCUT2D eigenvalue weighted by atomic mass is 35.5. The molecule has 0 aliphatic rings. The van der Waals surface area contributed by atoms with Crippen LogP contribution < -0.4 is 16.4 Å². The summed E-state index contributed by atoms with van der Waals surface area (Å²) < 4.78 is 0. The number of halogens is 1. The molecule has 21 heavy (non-hydrogen) atoms. The van der Waals surface area contributed by atoms with Crippen LogP contribution in [0.1, 0.15) is 10.4 Å². The Morgan fingerprint density at radius 1 is 1.10 bits per heavy atom. The number of amides is 2. The first-order chi connectivity index (χ1) is 9.97. The lowest BCUT2D eigenvalue weighted by Crippen LogP contribution is -2.20. The Bertz CT molecular complexity index is 704. The van der Waals surface area contributed by atoms with Crippen LogP contribution in [-0.2, 0) is 0 Å². The molecule has 0 saturated carbocycles. The number of hydrogen-bond donors (Lipinski definition) is 4. The molecule has 0 spiro atoms. The van der Waals surface area contributed by atoms with E-state index in [0.717, 1.165) is 0 Å². The SMILES string of the molecule is Nc1ccccc1NC(=O)Nc1ccc(Cl)c(C(=O)O)c1. The normalized spacial score (nSPS) is 9.95. The van der Waals surface area contributed by atoms with Gasteiger partial charge in [0.1, 0.15) is 0 Å². The van der Waals surface area contributed by atoms with Gasteiger partial charge in [-0.25, -0.2) is 9.59 Å². The van der Waals surface area contributed by atoms with Gasteiger partial charge < -0.3 is 21.5 Å². The summed E-state index contributed by atoms with van der Waals surface area (Å²) >= 11 is 5.75. The van der Waals surface area contributed by atoms with Gasteiger partial charge in [-0.1, -0.05) is 23.7 Å². The van der Waals surface area contributed by atoms with Gasteiger partial charge in [0.15, 0.2) is 0 Å². The lowest BCUT2D eigenvalue weighted by atomic mass is 10.2. The smallest absolute Gasteiger partial charge is 0.337 e. The fraction of sp³-hybridized carbons (Fsp3) is 0. The summed E-state index contributed by atoms with van der Waals surface area (Å²) in [6.07, 6.45) is 0. The summed E-state index contributed by atoms with van der Waals surface area (Å²) in [7, 11) is 0. The molecule has 0 aliphatic carbocycles. The van der Waals surface area contributed by atoms with Crippen LogP contribution >= 0.6 is 11.6 Å². The molecule has 0 aliphatic heterocycles. The number of para-hydroxylation sites is 2. The number of anilines is 3. The first-order valence-corrected chi connectivity index (χ1v) is 6.30. The van der Waals surface area contributed by atoms with Crippen molar-refractivity contribution in [1.29, 1.82) is 0 Å². The minimum atomic E-state index is -1.17. The van der Waals surface area contributed by atoms with Crippen molar-refractivity contribution in [1.82, 2.24) is 0 Å². The number of aromatic carboxylic acids is 1. The number of urea groups is 1. The molecule has 108 valence electrons. The second-order valence-corrected chi connectivity index (χ2v) is 4.57. The average molecular weight is 306 g/mol. The standard InChI is InChI=1S/C14H12ClN3O3/c15-10-6-5-8(7-9(10)13(19)20)17-14(21)18-12-4-2-1-3-11(12)16/h1-7H,16H2,(H,19,20)(H2,17,18,21). The Kier molecular flexibility index (Phi) is 4.30. The maximum absolute atomic E-state index is 11.8. The largest absolute Gasteiger partial charge is 0.478 e. The molecule has 2 aromatic carbocycles. The first kappa shape index (κ1) is 14.7. The predicted molar refractivity (Wildman–Crippen MR) is 81.9 cm³/mol. The monoisotopic (exact) mass is 305 g/mol. The summed E-state index contributed by atoms with van der Waals surface area (Å²) in [6.45, 7) is 0. The topological polar surface area (TPSA) is 104 Å². The fourth-order valence-electron chi connectivity index (χ4n) is 1.66. The van der Waals surface area contributed by atoms with Crippen molar-refractivity contribution in [2.24, 2.45) is 0 Å². The van der Waals surface area contributed by atoms with Gasteiger partial charge in [0.2, 0.25) is 0 Å². The third kappa shape index (κ3) is 3.64. The fourth-order valence-corrected chi connectivity index (χ4v) is 1.86. The Balaban J connectivity index is 2.12. The number of carboxylic acid groups (broad SMARTS) is 1. The lowest BCUT2D eigenvalue weighted by Gasteiger charge is -2.10. The Labute approximate surface area is 125 Å². The number of nitrogen functional groups attached to an aromatic ring is 1. The number of carbonyl (C=O) groups is 2. The van der Waals surface area contributed by atoms with Crippen molar-refractivity contribution in [2.45, 2.75) is 0 Å². The predicted octanol–water partition coefficient (Wildman–Crippen LogP) is 3.26. The van der Waals surface area contributed by atoms with Gasteiger partial charge in [-0.15, -0.1) is 0 Å². The zero-order valence-electron chi connectivity index (χ0n) is 10.8. The van der Waals surface area contributed by atoms with Gasteiger partial charge in [0.05, 0.1) is 22.0 Å². The highest BCUT2D eigenvalue weighted by Gasteiger charge is 2.11. The van der Waals surface area contributed by atoms with Crippen LogP contribution in [0.4, 0.5) is 21.9 Å². The van der Waals surface area contributed by atoms with Gasteiger partial charge in [-0.3, -0.25) is 0 Å². The number of nitrogens with one attached hydrogen (secondary N) is 2. The molecule has 0 atom stereocenters. The third-order valence-corrected chi connectivity index (χ3v) is 2.99. The highest BCUT2D eigenvalue weighted by Crippen LogP contribution is 2.21. The first-order valence-electron chi connectivity index (χ1n) is 5.92. The summed E-state index contributed by atoms with van der Waals surface area (Å²) in [5, 5.41) is 14.1. The molecule has 5 N–H and O–H groups in total. The van der Waals surface area contributed by atoms with E-state index in [-0.39, 0.29) is 10.6 Å². The number of carbonyl (C=O) groups excluding carboxylic acids is 1. The molecular weight excluding hydrogens is 294 g/mol. The average Bonchev–Trinajstić information content (AvgIpc) is 2.43. The van der Waals surface area contributed by atoms with Gasteiger partial charge in [0.25, 0.3) is 0 Å². The molecule has 6 nitrogen and oxygen atoms in total. The van der Waals surface area contributed by atoms with E-state index in [1.165, 1.54) is 18.2 Å². The zero-order chi connectivity index (χ0) is 15.4. The van der Waals surface area contributed by atoms with Crippen LogP contribution in [0.15, 0.2) is 42.5 Å². The van der Waals surface area contributed by atoms with Gasteiger partial charge in [-0.2, -0.15) is 0 Å². The van der Waals surface area contributed by atoms with Gasteiger partial charge in [0, 0.05) is 5.69 Å². The maximum Gasteiger partial charge on any atom is 0.337 e. The number of carboxylic acids is 1. The maximum atomic E-state index is 11.8. The second kappa shape index (κ2) is 6.15. The van der Waals surface area contributed by atoms with Crippen molar-refractivity contribution >= 4 is 40.7 Å². The molecule has 2 aromatic rings. The highest BCUT2D eigenvalue weighted by molar-refractivity contribution is 6.33. The molecule has 0 fully saturated rings. The lowest BCUT2D eigenvalue weighted by molar-refractivity contribution is 0.0697. The quantitative estimate of drug-likeness (QED) is 0.653. The van der Waals surface area contributed by atoms with Crippen LogP contribution in [0.25, 0.3) is 0 Å². The molecule has 0 unspecified atom stereocenters. The van der Waals surface area contributed by atoms with Crippen molar-refractivity contribution in [2.75, 3.05) is 16.4 Å². The molecule has 0 radical (unpaired) electrons. The number of nitrogens with two attached hydrogens (primary N) is 1. The number of rotatable bonds is 3. The Hall–Kier alpha value is -2.73. The second-order valence-electron chi connectivity index (χ2n) is 4.17. The van der Waals surface area contributed by atoms with E-state index >= 15 is 0 Å². The third-order valence-electron chi connectivity index (χ3n) is 2.66. The minimum absolute atomic E-state index is 0.0892. The van der Waals surface area contributed by atoms with E-state index in [0.29, 0.717) is 17.1 Å². The van der Waals surface area contributed by atoms with Crippen molar-refractivity contribution in [3.8, 4) is 0 Å². The zero-order valence-corrected chi connectivity index (χ0v) is 11.5. The minimum Gasteiger partial charge on any atom is -0.478 e. The van der Waals surface area contributed by atoms with E-state index in [4.69, 9.17) is 22.4 Å². The number of hydrogen-bond acceptors (Lipinski definition) is 3. The van der Waals surface area contributed by atoms with E-state index in [2.05, 4.69) is 10.6 Å². The van der Waals surface area contributed by atoms with E-state index in [1.54, 1.807) is 24.3 Å². The summed E-state index contributed by atoms with van der Waals surface area (Å²) in [5.41, 5.74) is 6.81. The van der Waals surface area contributed by atoms with Gasteiger partial charge >= 0.3 is 12.0 Å². The summed E-state index contributed by atoms with van der Waals surface area (Å²) in [6, 6.07) is 10.4. The van der Waals surface area contributed by atoms with Gasteiger partial charge in [-0.05, 0) is 30.3 Å². The van der Waals surface area contributed by atoms with Crippen LogP contribution in [0.3, 0.4) is 0 Å². The molecule has 2 amide bonds. The van der Waals surface area contributed by atoms with Crippen LogP contribution in [0.2, 0.25) is 5.02 Å². The molecule has 0 saturated heterocycles. The van der Waals surface area contributed by atoms with Crippen LogP contribution in [-0.4, -0.2) is 17.1 Å². The van der Waals surface area contributed by atoms with Crippen molar-refractivity contribution in [3.05, 3.63) is 53.1 Å². The molecule has 0 aromatic heterocycles. The summed E-state index contributed by atoms with van der Waals surface area (Å²) in [4.78, 5) is 22.8. The van der Waals surface area contributed by atoms with Crippen molar-refractivity contribution in [3.63, 3.8) is 0 Å². The van der Waals surface area contributed by atoms with E-state index in [9.17, 15) is 9.59 Å². The van der Waals surface area contributed by atoms with Crippen molar-refractivity contribution < 1.29 is 14.7 Å². The molecule has 2 rings (SSSR count). The van der Waals surface area contributed by atoms with E-state index in [1.807, 2.05) is 0 Å².